The summed E-state index contributed by atoms with van der Waals surface area (Å²) in [4.78, 5) is 11.4. The van der Waals surface area contributed by atoms with Gasteiger partial charge in [0, 0.05) is 18.0 Å². The van der Waals surface area contributed by atoms with Gasteiger partial charge in [0.1, 0.15) is 17.6 Å². The Kier molecular flexibility index (Phi) is 4.68. The predicted octanol–water partition coefficient (Wildman–Crippen LogP) is 0.572. The third kappa shape index (κ3) is 5.32. The number of carbonyl (C=O) groups excluding carboxylic acids is 1. The molecule has 7 heteroatoms. The van der Waals surface area contributed by atoms with Crippen molar-refractivity contribution in [2.75, 3.05) is 23.9 Å². The van der Waals surface area contributed by atoms with E-state index in [-0.39, 0.29) is 6.61 Å². The first-order chi connectivity index (χ1) is 8.40. The van der Waals surface area contributed by atoms with Crippen LogP contribution in [0.2, 0.25) is 0 Å². The van der Waals surface area contributed by atoms with Gasteiger partial charge in [-0.05, 0) is 12.1 Å². The third-order valence-electron chi connectivity index (χ3n) is 1.81. The molecule has 0 aliphatic heterocycles. The van der Waals surface area contributed by atoms with Crippen LogP contribution >= 0.6 is 0 Å². The monoisotopic (exact) mass is 268 g/mol. The molecule has 0 heterocycles. The lowest BCUT2D eigenvalue weighted by molar-refractivity contribution is -0.113. The van der Waals surface area contributed by atoms with Crippen LogP contribution in [0.3, 0.4) is 0 Å². The Morgan fingerprint density at radius 1 is 1.50 bits per heavy atom. The first-order valence-corrected chi connectivity index (χ1v) is 7.04. The average Bonchev–Trinajstić information content (AvgIpc) is 2.24. The first kappa shape index (κ1) is 14.0. The maximum absolute atomic E-state index is 11.4. The number of nitrogens with one attached hydrogen (secondary N) is 1. The van der Waals surface area contributed by atoms with Gasteiger partial charge in [0.25, 0.3) is 0 Å². The summed E-state index contributed by atoms with van der Waals surface area (Å²) in [5.74, 6) is -0.764. The molecule has 6 nitrogen and oxygen atoms in total. The van der Waals surface area contributed by atoms with Crippen molar-refractivity contribution in [1.29, 1.82) is 5.26 Å². The van der Waals surface area contributed by atoms with Crippen LogP contribution < -0.4 is 10.1 Å². The molecule has 1 amide bonds. The molecule has 18 heavy (non-hydrogen) atoms. The number of hydrogen-bond donors (Lipinski definition) is 1. The van der Waals surface area contributed by atoms with Crippen molar-refractivity contribution < 1.29 is 17.9 Å². The second kappa shape index (κ2) is 6.02. The van der Waals surface area contributed by atoms with Gasteiger partial charge in [-0.15, -0.1) is 0 Å². The summed E-state index contributed by atoms with van der Waals surface area (Å²) in [6.07, 6.45) is 0.985. The summed E-state index contributed by atoms with van der Waals surface area (Å²) in [5, 5.41) is 10.8. The summed E-state index contributed by atoms with van der Waals surface area (Å²) in [5.41, 5.74) is 0.416. The highest BCUT2D eigenvalue weighted by molar-refractivity contribution is 7.91. The molecular weight excluding hydrogens is 256 g/mol. The van der Waals surface area contributed by atoms with Gasteiger partial charge in [-0.1, -0.05) is 6.07 Å². The van der Waals surface area contributed by atoms with E-state index in [9.17, 15) is 13.2 Å². The molecule has 0 aromatic heterocycles. The van der Waals surface area contributed by atoms with Crippen molar-refractivity contribution in [3.8, 4) is 11.8 Å². The molecular formula is C11H12N2O4S. The molecule has 1 aromatic rings. The van der Waals surface area contributed by atoms with Crippen LogP contribution in [-0.4, -0.2) is 32.9 Å². The van der Waals surface area contributed by atoms with Crippen molar-refractivity contribution in [2.24, 2.45) is 0 Å². The molecule has 0 saturated carbocycles. The molecule has 1 N–H and O–H groups in total. The Hall–Kier alpha value is -2.07. The Balaban J connectivity index is 2.68. The lowest BCUT2D eigenvalue weighted by Gasteiger charge is -2.06. The zero-order valence-electron chi connectivity index (χ0n) is 9.71. The lowest BCUT2D eigenvalue weighted by atomic mass is 10.3. The molecule has 1 rings (SSSR count). The summed E-state index contributed by atoms with van der Waals surface area (Å²) < 4.78 is 26.9. The fourth-order valence-electron chi connectivity index (χ4n) is 1.21. The normalized spacial score (nSPS) is 10.4. The van der Waals surface area contributed by atoms with Gasteiger partial charge in [-0.2, -0.15) is 5.26 Å². The molecule has 0 atom stereocenters. The Labute approximate surface area is 105 Å². The number of amides is 1. The molecule has 0 aliphatic carbocycles. The second-order valence-electron chi connectivity index (χ2n) is 3.59. The third-order valence-corrected chi connectivity index (χ3v) is 2.60. The minimum atomic E-state index is -3.35. The largest absolute Gasteiger partial charge is 0.479 e. The van der Waals surface area contributed by atoms with Crippen LogP contribution in [0.15, 0.2) is 24.3 Å². The minimum Gasteiger partial charge on any atom is -0.479 e. The van der Waals surface area contributed by atoms with E-state index in [2.05, 4.69) is 5.32 Å². The molecule has 0 spiro atoms. The van der Waals surface area contributed by atoms with E-state index in [0.717, 1.165) is 6.26 Å². The summed E-state index contributed by atoms with van der Waals surface area (Å²) in [7, 11) is -3.35. The van der Waals surface area contributed by atoms with Gasteiger partial charge in [0.15, 0.2) is 16.4 Å². The van der Waals surface area contributed by atoms with E-state index in [1.54, 1.807) is 18.2 Å². The quantitative estimate of drug-likeness (QED) is 0.842. The van der Waals surface area contributed by atoms with Gasteiger partial charge in [-0.25, -0.2) is 8.42 Å². The van der Waals surface area contributed by atoms with Gasteiger partial charge in [-0.3, -0.25) is 4.79 Å². The van der Waals surface area contributed by atoms with Gasteiger partial charge < -0.3 is 10.1 Å². The van der Waals surface area contributed by atoms with Crippen LogP contribution in [0.1, 0.15) is 0 Å². The van der Waals surface area contributed by atoms with E-state index in [1.165, 1.54) is 6.07 Å². The molecule has 96 valence electrons. The maximum Gasteiger partial charge on any atom is 0.239 e. The topological polar surface area (TPSA) is 96.3 Å². The molecule has 0 aliphatic rings. The zero-order valence-corrected chi connectivity index (χ0v) is 10.5. The van der Waals surface area contributed by atoms with E-state index in [4.69, 9.17) is 10.00 Å². The standard InChI is InChI=1S/C11H12N2O4S/c1-18(15,16)8-11(14)13-9-3-2-4-10(7-9)17-6-5-12/h2-4,7H,6,8H2,1H3,(H,13,14). The lowest BCUT2D eigenvalue weighted by Crippen LogP contribution is -2.21. The summed E-state index contributed by atoms with van der Waals surface area (Å²) >= 11 is 0. The van der Waals surface area contributed by atoms with E-state index in [0.29, 0.717) is 11.4 Å². The maximum atomic E-state index is 11.4. The molecule has 0 saturated heterocycles. The number of sulfone groups is 1. The Morgan fingerprint density at radius 3 is 2.83 bits per heavy atom. The second-order valence-corrected chi connectivity index (χ2v) is 5.73. The number of rotatable bonds is 5. The highest BCUT2D eigenvalue weighted by Crippen LogP contribution is 2.17. The SMILES string of the molecule is CS(=O)(=O)CC(=O)Nc1cccc(OCC#N)c1. The van der Waals surface area contributed by atoms with Crippen molar-refractivity contribution in [1.82, 2.24) is 0 Å². The fourth-order valence-corrected chi connectivity index (χ4v) is 1.76. The van der Waals surface area contributed by atoms with Crippen LogP contribution in [0.25, 0.3) is 0 Å². The number of hydrogen-bond acceptors (Lipinski definition) is 5. The highest BCUT2D eigenvalue weighted by atomic mass is 32.2. The average molecular weight is 268 g/mol. The number of nitriles is 1. The molecule has 1 aromatic carbocycles. The first-order valence-electron chi connectivity index (χ1n) is 4.98. The number of nitrogens with zero attached hydrogens (tertiary/aromatic N) is 1. The number of ether oxygens (including phenoxy) is 1. The van der Waals surface area contributed by atoms with E-state index < -0.39 is 21.5 Å². The van der Waals surface area contributed by atoms with Crippen molar-refractivity contribution in [3.05, 3.63) is 24.3 Å². The van der Waals surface area contributed by atoms with Crippen molar-refractivity contribution in [3.63, 3.8) is 0 Å². The highest BCUT2D eigenvalue weighted by Gasteiger charge is 2.11. The van der Waals surface area contributed by atoms with Crippen LogP contribution in [0.5, 0.6) is 5.75 Å². The van der Waals surface area contributed by atoms with Crippen molar-refractivity contribution in [2.45, 2.75) is 0 Å². The smallest absolute Gasteiger partial charge is 0.239 e. The molecule has 0 bridgehead atoms. The summed E-state index contributed by atoms with van der Waals surface area (Å²) in [6, 6.07) is 8.18. The van der Waals surface area contributed by atoms with E-state index >= 15 is 0 Å². The zero-order chi connectivity index (χ0) is 13.6. The summed E-state index contributed by atoms with van der Waals surface area (Å²) in [6.45, 7) is -0.0965. The van der Waals surface area contributed by atoms with Crippen LogP contribution in [0.4, 0.5) is 5.69 Å². The Bertz CT molecular complexity index is 575. The number of benzene rings is 1. The van der Waals surface area contributed by atoms with E-state index in [1.807, 2.05) is 6.07 Å². The number of anilines is 1. The predicted molar refractivity (Wildman–Crippen MR) is 65.9 cm³/mol. The van der Waals surface area contributed by atoms with Gasteiger partial charge >= 0.3 is 0 Å². The van der Waals surface area contributed by atoms with Crippen LogP contribution in [0, 0.1) is 11.3 Å². The van der Waals surface area contributed by atoms with Crippen molar-refractivity contribution >= 4 is 21.4 Å². The minimum absolute atomic E-state index is 0.0965. The van der Waals surface area contributed by atoms with Gasteiger partial charge in [0.05, 0.1) is 0 Å². The van der Waals surface area contributed by atoms with Gasteiger partial charge in [0.2, 0.25) is 5.91 Å². The molecule has 0 radical (unpaired) electrons. The van der Waals surface area contributed by atoms with Crippen LogP contribution in [-0.2, 0) is 14.6 Å². The number of carbonyl (C=O) groups is 1. The Morgan fingerprint density at radius 2 is 2.22 bits per heavy atom. The molecule has 0 unspecified atom stereocenters. The molecule has 0 fully saturated rings. The fraction of sp³-hybridized carbons (Fsp3) is 0.273.